The second-order valence-corrected chi connectivity index (χ2v) is 8.94. The van der Waals surface area contributed by atoms with E-state index < -0.39 is 0 Å². The van der Waals surface area contributed by atoms with Crippen LogP contribution < -0.4 is 15.0 Å². The molecule has 1 aromatic heterocycles. The summed E-state index contributed by atoms with van der Waals surface area (Å²) in [5, 5.41) is 7.27. The fourth-order valence-electron chi connectivity index (χ4n) is 4.69. The highest BCUT2D eigenvalue weighted by atomic mass is 16.5. The van der Waals surface area contributed by atoms with Crippen molar-refractivity contribution in [2.45, 2.75) is 51.5 Å². The third-order valence-corrected chi connectivity index (χ3v) is 6.69. The topological polar surface area (TPSA) is 83.7 Å². The van der Waals surface area contributed by atoms with Crippen LogP contribution in [0.1, 0.15) is 45.4 Å². The minimum atomic E-state index is -0.0472. The van der Waals surface area contributed by atoms with Crippen molar-refractivity contribution in [2.75, 3.05) is 44.7 Å². The summed E-state index contributed by atoms with van der Waals surface area (Å²) in [5.41, 5.74) is 0.870. The molecule has 4 rings (SSSR count). The Morgan fingerprint density at radius 2 is 2.03 bits per heavy atom. The molecule has 174 valence electrons. The number of anilines is 1. The molecule has 0 saturated carbocycles. The molecule has 0 spiro atoms. The monoisotopic (exact) mass is 441 g/mol. The normalized spacial score (nSPS) is 22.0. The van der Waals surface area contributed by atoms with Crippen LogP contribution >= 0.6 is 0 Å². The fraction of sp³-hybridized carbons (Fsp3) is 0.625. The number of carbonyl (C=O) groups excluding carboxylic acids is 1. The molecule has 32 heavy (non-hydrogen) atoms. The van der Waals surface area contributed by atoms with E-state index in [1.807, 2.05) is 29.2 Å². The van der Waals surface area contributed by atoms with Crippen LogP contribution in [0.25, 0.3) is 11.4 Å². The van der Waals surface area contributed by atoms with Gasteiger partial charge >= 0.3 is 6.01 Å². The number of methoxy groups -OCH3 is 1. The van der Waals surface area contributed by atoms with Crippen molar-refractivity contribution in [3.05, 3.63) is 24.3 Å². The molecule has 8 heteroatoms. The average Bonchev–Trinajstić information content (AvgIpc) is 3.33. The van der Waals surface area contributed by atoms with Crippen LogP contribution in [-0.2, 0) is 4.79 Å². The molecule has 0 bridgehead atoms. The van der Waals surface area contributed by atoms with Gasteiger partial charge in [0.15, 0.2) is 0 Å². The maximum Gasteiger partial charge on any atom is 0.324 e. The van der Waals surface area contributed by atoms with Crippen molar-refractivity contribution in [2.24, 2.45) is 5.92 Å². The highest BCUT2D eigenvalue weighted by Crippen LogP contribution is 2.26. The number of piperidine rings is 2. The molecule has 2 atom stereocenters. The van der Waals surface area contributed by atoms with E-state index in [1.54, 1.807) is 7.11 Å². The Balaban J connectivity index is 1.25. The van der Waals surface area contributed by atoms with Gasteiger partial charge < -0.3 is 24.4 Å². The van der Waals surface area contributed by atoms with Crippen LogP contribution in [0.15, 0.2) is 28.8 Å². The van der Waals surface area contributed by atoms with Crippen molar-refractivity contribution in [3.63, 3.8) is 0 Å². The predicted octanol–water partition coefficient (Wildman–Crippen LogP) is 3.34. The number of benzene rings is 1. The molecule has 0 aliphatic carbocycles. The van der Waals surface area contributed by atoms with Crippen LogP contribution in [0, 0.1) is 5.92 Å². The first-order valence-electron chi connectivity index (χ1n) is 11.9. The Bertz CT molecular complexity index is 869. The first-order chi connectivity index (χ1) is 15.6. The van der Waals surface area contributed by atoms with Crippen molar-refractivity contribution in [1.29, 1.82) is 0 Å². The molecule has 8 nitrogen and oxygen atoms in total. The molecule has 1 amide bonds. The highest BCUT2D eigenvalue weighted by Gasteiger charge is 2.28. The van der Waals surface area contributed by atoms with Crippen molar-refractivity contribution >= 4 is 11.9 Å². The molecule has 2 aromatic rings. The zero-order valence-electron chi connectivity index (χ0n) is 19.3. The third-order valence-electron chi connectivity index (χ3n) is 6.69. The van der Waals surface area contributed by atoms with E-state index in [0.29, 0.717) is 24.4 Å². The maximum atomic E-state index is 12.7. The van der Waals surface area contributed by atoms with Crippen LogP contribution in [0.2, 0.25) is 0 Å². The van der Waals surface area contributed by atoms with E-state index in [-0.39, 0.29) is 11.8 Å². The molecule has 2 aliphatic heterocycles. The molecule has 1 N–H and O–H groups in total. The second kappa shape index (κ2) is 10.8. The largest absolute Gasteiger partial charge is 0.497 e. The van der Waals surface area contributed by atoms with Gasteiger partial charge in [0, 0.05) is 37.8 Å². The Morgan fingerprint density at radius 3 is 2.81 bits per heavy atom. The predicted molar refractivity (Wildman–Crippen MR) is 124 cm³/mol. The number of nitrogens with one attached hydrogen (secondary N) is 1. The molecule has 2 aliphatic rings. The van der Waals surface area contributed by atoms with Crippen molar-refractivity contribution in [3.8, 4) is 17.1 Å². The van der Waals surface area contributed by atoms with Gasteiger partial charge in [-0.3, -0.25) is 4.79 Å². The number of ether oxygens (including phenoxy) is 1. The van der Waals surface area contributed by atoms with Gasteiger partial charge in [0.2, 0.25) is 11.7 Å². The summed E-state index contributed by atoms with van der Waals surface area (Å²) < 4.78 is 10.7. The van der Waals surface area contributed by atoms with Crippen molar-refractivity contribution < 1.29 is 14.1 Å². The Labute approximate surface area is 190 Å². The van der Waals surface area contributed by atoms with Gasteiger partial charge in [0.25, 0.3) is 0 Å². The fourth-order valence-corrected chi connectivity index (χ4v) is 4.69. The first-order valence-corrected chi connectivity index (χ1v) is 11.9. The quantitative estimate of drug-likeness (QED) is 0.629. The number of amides is 1. The van der Waals surface area contributed by atoms with Gasteiger partial charge in [0.1, 0.15) is 5.75 Å². The summed E-state index contributed by atoms with van der Waals surface area (Å²) in [6, 6.07) is 8.71. The summed E-state index contributed by atoms with van der Waals surface area (Å²) in [6.07, 6.45) is 6.76. The van der Waals surface area contributed by atoms with E-state index in [9.17, 15) is 4.79 Å². The van der Waals surface area contributed by atoms with Gasteiger partial charge in [0.05, 0.1) is 13.0 Å². The lowest BCUT2D eigenvalue weighted by Gasteiger charge is -2.33. The third kappa shape index (κ3) is 5.59. The number of likely N-dealkylation sites (tertiary alicyclic amines) is 1. The summed E-state index contributed by atoms with van der Waals surface area (Å²) in [6.45, 7) is 6.73. The van der Waals surface area contributed by atoms with Crippen LogP contribution in [0.4, 0.5) is 6.01 Å². The lowest BCUT2D eigenvalue weighted by Crippen LogP contribution is -2.44. The minimum absolute atomic E-state index is 0.0472. The Kier molecular flexibility index (Phi) is 7.63. The first kappa shape index (κ1) is 22.6. The summed E-state index contributed by atoms with van der Waals surface area (Å²) in [4.78, 5) is 21.9. The van der Waals surface area contributed by atoms with Crippen LogP contribution in [-0.4, -0.2) is 66.8 Å². The second-order valence-electron chi connectivity index (χ2n) is 8.94. The zero-order valence-corrected chi connectivity index (χ0v) is 19.3. The molecule has 1 aromatic carbocycles. The van der Waals surface area contributed by atoms with Gasteiger partial charge in [-0.05, 0) is 69.8 Å². The van der Waals surface area contributed by atoms with Crippen molar-refractivity contribution in [1.82, 2.24) is 20.4 Å². The number of rotatable bonds is 8. The number of carbonyl (C=O) groups is 1. The molecule has 3 heterocycles. The van der Waals surface area contributed by atoms with E-state index >= 15 is 0 Å². The van der Waals surface area contributed by atoms with Gasteiger partial charge in [-0.25, -0.2) is 0 Å². The standard InChI is InChI=1S/C24H35N5O3/c1-18-7-3-4-14-28(18)16-6-13-25-23(30)20-8-5-15-29(17-20)24-26-22(27-32-24)19-9-11-21(31-2)12-10-19/h9-12,18,20H,3-8,13-17H2,1-2H3,(H,25,30)/t18-,20+/m0/s1. The molecule has 2 saturated heterocycles. The average molecular weight is 442 g/mol. The van der Waals surface area contributed by atoms with E-state index in [0.717, 1.165) is 50.2 Å². The Morgan fingerprint density at radius 1 is 1.19 bits per heavy atom. The SMILES string of the molecule is COc1ccc(-c2noc(N3CCC[C@@H](C(=O)NCCCN4CCCC[C@@H]4C)C3)n2)cc1. The summed E-state index contributed by atoms with van der Waals surface area (Å²) in [7, 11) is 1.64. The van der Waals surface area contributed by atoms with Crippen LogP contribution in [0.5, 0.6) is 5.75 Å². The lowest BCUT2D eigenvalue weighted by atomic mass is 9.97. The van der Waals surface area contributed by atoms with Gasteiger partial charge in [-0.2, -0.15) is 4.98 Å². The number of aromatic nitrogens is 2. The molecule has 2 fully saturated rings. The summed E-state index contributed by atoms with van der Waals surface area (Å²) >= 11 is 0. The number of nitrogens with zero attached hydrogens (tertiary/aromatic N) is 4. The van der Waals surface area contributed by atoms with Crippen LogP contribution in [0.3, 0.4) is 0 Å². The minimum Gasteiger partial charge on any atom is -0.497 e. The Hall–Kier alpha value is -2.61. The maximum absolute atomic E-state index is 12.7. The molecular formula is C24H35N5O3. The van der Waals surface area contributed by atoms with Gasteiger partial charge in [-0.1, -0.05) is 11.6 Å². The van der Waals surface area contributed by atoms with E-state index in [2.05, 4.69) is 27.3 Å². The summed E-state index contributed by atoms with van der Waals surface area (Å²) in [5.74, 6) is 1.42. The van der Waals surface area contributed by atoms with E-state index in [1.165, 1.54) is 25.8 Å². The zero-order chi connectivity index (χ0) is 22.3. The van der Waals surface area contributed by atoms with E-state index in [4.69, 9.17) is 9.26 Å². The smallest absolute Gasteiger partial charge is 0.324 e. The molecule has 0 radical (unpaired) electrons. The highest BCUT2D eigenvalue weighted by molar-refractivity contribution is 5.79. The number of hydrogen-bond acceptors (Lipinski definition) is 7. The lowest BCUT2D eigenvalue weighted by molar-refractivity contribution is -0.125. The van der Waals surface area contributed by atoms with Gasteiger partial charge in [-0.15, -0.1) is 0 Å². The molecular weight excluding hydrogens is 406 g/mol. The molecule has 0 unspecified atom stereocenters. The number of hydrogen-bond donors (Lipinski definition) is 1.